The molecule has 16 heavy (non-hydrogen) atoms. The van der Waals surface area contributed by atoms with Crippen LogP contribution in [0, 0.1) is 5.92 Å². The molecule has 0 aromatic rings. The van der Waals surface area contributed by atoms with E-state index in [1.54, 1.807) is 0 Å². The fourth-order valence-corrected chi connectivity index (χ4v) is 4.07. The molecule has 2 atom stereocenters. The van der Waals surface area contributed by atoms with E-state index in [0.717, 1.165) is 18.6 Å². The van der Waals surface area contributed by atoms with Crippen molar-refractivity contribution in [2.24, 2.45) is 5.92 Å². The number of rotatable bonds is 1. The Balaban J connectivity index is 1.64. The smallest absolute Gasteiger partial charge is 0.0685 e. The maximum Gasteiger partial charge on any atom is 0.0685 e. The van der Waals surface area contributed by atoms with E-state index in [1.165, 1.54) is 64.3 Å². The maximum absolute atomic E-state index is 6.17. The minimum absolute atomic E-state index is 0.297. The number of ether oxygens (including phenoxy) is 1. The summed E-state index contributed by atoms with van der Waals surface area (Å²) in [5.41, 5.74) is 0.297. The van der Waals surface area contributed by atoms with E-state index in [2.05, 4.69) is 5.32 Å². The Morgan fingerprint density at radius 1 is 1.00 bits per heavy atom. The fraction of sp³-hybridized carbons (Fsp3) is 1.00. The normalized spacial score (nSPS) is 39.0. The fourth-order valence-electron chi connectivity index (χ4n) is 4.07. The summed E-state index contributed by atoms with van der Waals surface area (Å²) in [6.07, 6.45) is 12.3. The monoisotopic (exact) mass is 223 g/mol. The first-order valence-electron chi connectivity index (χ1n) is 7.25. The largest absolute Gasteiger partial charge is 0.375 e. The molecule has 0 bridgehead atoms. The second kappa shape index (κ2) is 4.66. The molecule has 0 amide bonds. The van der Waals surface area contributed by atoms with Gasteiger partial charge in [0, 0.05) is 12.6 Å². The molecule has 2 heterocycles. The third kappa shape index (κ3) is 2.14. The summed E-state index contributed by atoms with van der Waals surface area (Å²) in [7, 11) is 0. The van der Waals surface area contributed by atoms with Gasteiger partial charge < -0.3 is 10.1 Å². The Bertz CT molecular complexity index is 223. The van der Waals surface area contributed by atoms with Crippen molar-refractivity contribution in [2.45, 2.75) is 69.4 Å². The molecule has 1 N–H and O–H groups in total. The minimum Gasteiger partial charge on any atom is -0.375 e. The molecule has 2 heteroatoms. The van der Waals surface area contributed by atoms with E-state index in [0.29, 0.717) is 5.60 Å². The lowest BCUT2D eigenvalue weighted by atomic mass is 9.74. The van der Waals surface area contributed by atoms with Crippen LogP contribution in [0.4, 0.5) is 0 Å². The molecule has 1 saturated carbocycles. The summed E-state index contributed by atoms with van der Waals surface area (Å²) < 4.78 is 6.17. The first kappa shape index (κ1) is 11.0. The lowest BCUT2D eigenvalue weighted by Crippen LogP contribution is -2.46. The van der Waals surface area contributed by atoms with E-state index in [9.17, 15) is 0 Å². The van der Waals surface area contributed by atoms with Crippen LogP contribution in [0.15, 0.2) is 0 Å². The standard InChI is InChI=1S/C14H25NO/c1-2-7-14(8-3-1)11-12(6-10-16-14)13-5-4-9-15-13/h12-13,15H,1-11H2. The van der Waals surface area contributed by atoms with Crippen LogP contribution in [-0.2, 0) is 4.74 Å². The molecule has 0 aromatic heterocycles. The molecule has 0 radical (unpaired) electrons. The third-order valence-electron chi connectivity index (χ3n) is 4.96. The highest BCUT2D eigenvalue weighted by atomic mass is 16.5. The molecule has 2 unspecified atom stereocenters. The molecule has 0 aromatic carbocycles. The average Bonchev–Trinajstić information content (AvgIpc) is 2.83. The SMILES string of the molecule is C1CCC2(CC1)CC(C1CCCN1)CCO2. The van der Waals surface area contributed by atoms with Gasteiger partial charge in [-0.05, 0) is 51.0 Å². The molecule has 2 aliphatic heterocycles. The minimum atomic E-state index is 0.297. The molecule has 3 aliphatic rings. The Morgan fingerprint density at radius 2 is 1.88 bits per heavy atom. The molecule has 1 spiro atoms. The van der Waals surface area contributed by atoms with Gasteiger partial charge in [0.1, 0.15) is 0 Å². The number of hydrogen-bond acceptors (Lipinski definition) is 2. The second-order valence-corrected chi connectivity index (χ2v) is 6.05. The van der Waals surface area contributed by atoms with E-state index < -0.39 is 0 Å². The molecule has 3 fully saturated rings. The van der Waals surface area contributed by atoms with Gasteiger partial charge >= 0.3 is 0 Å². The summed E-state index contributed by atoms with van der Waals surface area (Å²) in [5.74, 6) is 0.898. The third-order valence-corrected chi connectivity index (χ3v) is 4.96. The van der Waals surface area contributed by atoms with Crippen molar-refractivity contribution in [1.29, 1.82) is 0 Å². The van der Waals surface area contributed by atoms with Crippen molar-refractivity contribution in [3.05, 3.63) is 0 Å². The Kier molecular flexibility index (Phi) is 3.21. The van der Waals surface area contributed by atoms with Crippen molar-refractivity contribution in [2.75, 3.05) is 13.2 Å². The van der Waals surface area contributed by atoms with Crippen LogP contribution < -0.4 is 5.32 Å². The van der Waals surface area contributed by atoms with Crippen molar-refractivity contribution < 1.29 is 4.74 Å². The highest BCUT2D eigenvalue weighted by molar-refractivity contribution is 4.94. The molecule has 2 nitrogen and oxygen atoms in total. The van der Waals surface area contributed by atoms with Crippen LogP contribution in [0.2, 0.25) is 0 Å². The predicted molar refractivity (Wildman–Crippen MR) is 65.5 cm³/mol. The van der Waals surface area contributed by atoms with Crippen molar-refractivity contribution >= 4 is 0 Å². The van der Waals surface area contributed by atoms with Crippen LogP contribution in [-0.4, -0.2) is 24.8 Å². The molecule has 1 aliphatic carbocycles. The predicted octanol–water partition coefficient (Wildman–Crippen LogP) is 2.87. The summed E-state index contributed by atoms with van der Waals surface area (Å²) in [5, 5.41) is 3.69. The number of hydrogen-bond donors (Lipinski definition) is 1. The highest BCUT2D eigenvalue weighted by Crippen LogP contribution is 2.42. The van der Waals surface area contributed by atoms with E-state index in [4.69, 9.17) is 4.74 Å². The van der Waals surface area contributed by atoms with Crippen molar-refractivity contribution in [1.82, 2.24) is 5.32 Å². The van der Waals surface area contributed by atoms with Gasteiger partial charge in [-0.3, -0.25) is 0 Å². The summed E-state index contributed by atoms with van der Waals surface area (Å²) in [4.78, 5) is 0. The topological polar surface area (TPSA) is 21.3 Å². The van der Waals surface area contributed by atoms with Gasteiger partial charge in [0.15, 0.2) is 0 Å². The highest BCUT2D eigenvalue weighted by Gasteiger charge is 2.41. The zero-order chi connectivity index (χ0) is 10.8. The number of nitrogens with one attached hydrogen (secondary N) is 1. The summed E-state index contributed by atoms with van der Waals surface area (Å²) in [6, 6.07) is 0.808. The van der Waals surface area contributed by atoms with Crippen molar-refractivity contribution in [3.8, 4) is 0 Å². The molecule has 3 rings (SSSR count). The second-order valence-electron chi connectivity index (χ2n) is 6.05. The molecule has 2 saturated heterocycles. The van der Waals surface area contributed by atoms with Crippen LogP contribution in [0.1, 0.15) is 57.8 Å². The van der Waals surface area contributed by atoms with E-state index in [-0.39, 0.29) is 0 Å². The Labute approximate surface area is 99.1 Å². The van der Waals surface area contributed by atoms with Gasteiger partial charge in [-0.15, -0.1) is 0 Å². The van der Waals surface area contributed by atoms with Crippen LogP contribution in [0.5, 0.6) is 0 Å². The van der Waals surface area contributed by atoms with Crippen LogP contribution >= 0.6 is 0 Å². The van der Waals surface area contributed by atoms with Gasteiger partial charge in [-0.2, -0.15) is 0 Å². The quantitative estimate of drug-likeness (QED) is 0.738. The van der Waals surface area contributed by atoms with Crippen molar-refractivity contribution in [3.63, 3.8) is 0 Å². The summed E-state index contributed by atoms with van der Waals surface area (Å²) >= 11 is 0. The molecular weight excluding hydrogens is 198 g/mol. The van der Waals surface area contributed by atoms with Gasteiger partial charge in [0.2, 0.25) is 0 Å². The van der Waals surface area contributed by atoms with Gasteiger partial charge in [0.05, 0.1) is 5.60 Å². The molecular formula is C14H25NO. The van der Waals surface area contributed by atoms with Gasteiger partial charge in [-0.25, -0.2) is 0 Å². The first-order chi connectivity index (χ1) is 7.88. The molecule has 92 valence electrons. The zero-order valence-corrected chi connectivity index (χ0v) is 10.3. The first-order valence-corrected chi connectivity index (χ1v) is 7.25. The zero-order valence-electron chi connectivity index (χ0n) is 10.3. The lowest BCUT2D eigenvalue weighted by molar-refractivity contribution is -0.121. The van der Waals surface area contributed by atoms with Gasteiger partial charge in [-0.1, -0.05) is 19.3 Å². The lowest BCUT2D eigenvalue weighted by Gasteiger charge is -2.45. The summed E-state index contributed by atoms with van der Waals surface area (Å²) in [6.45, 7) is 2.26. The Hall–Kier alpha value is -0.0800. The van der Waals surface area contributed by atoms with E-state index in [1.807, 2.05) is 0 Å². The average molecular weight is 223 g/mol. The van der Waals surface area contributed by atoms with E-state index >= 15 is 0 Å². The van der Waals surface area contributed by atoms with Crippen LogP contribution in [0.3, 0.4) is 0 Å². The van der Waals surface area contributed by atoms with Crippen LogP contribution in [0.25, 0.3) is 0 Å². The Morgan fingerprint density at radius 3 is 2.62 bits per heavy atom. The maximum atomic E-state index is 6.17. The van der Waals surface area contributed by atoms with Gasteiger partial charge in [0.25, 0.3) is 0 Å².